The van der Waals surface area contributed by atoms with Gasteiger partial charge in [0.25, 0.3) is 0 Å². The lowest BCUT2D eigenvalue weighted by atomic mass is 9.88. The molecule has 1 aliphatic heterocycles. The van der Waals surface area contributed by atoms with Crippen LogP contribution in [0, 0.1) is 5.92 Å². The largest absolute Gasteiger partial charge is 0.378 e. The van der Waals surface area contributed by atoms with Crippen molar-refractivity contribution >= 4 is 35.1 Å². The summed E-state index contributed by atoms with van der Waals surface area (Å²) in [5.41, 5.74) is 8.89. The van der Waals surface area contributed by atoms with Crippen LogP contribution in [0.5, 0.6) is 0 Å². The molecule has 0 saturated carbocycles. The van der Waals surface area contributed by atoms with Crippen LogP contribution in [0.4, 0.5) is 0 Å². The molecule has 0 spiro atoms. The van der Waals surface area contributed by atoms with E-state index >= 15 is 0 Å². The lowest BCUT2D eigenvalue weighted by Crippen LogP contribution is -2.31. The van der Waals surface area contributed by atoms with Gasteiger partial charge in [-0.15, -0.1) is 0 Å². The van der Waals surface area contributed by atoms with Gasteiger partial charge in [-0.3, -0.25) is 4.72 Å². The summed E-state index contributed by atoms with van der Waals surface area (Å²) in [6, 6.07) is 0. The number of nitrogens with two attached hydrogens (primary N) is 1. The summed E-state index contributed by atoms with van der Waals surface area (Å²) in [4.78, 5) is 3.24. The van der Waals surface area contributed by atoms with E-state index in [4.69, 9.17) is 43.1 Å². The highest BCUT2D eigenvalue weighted by Gasteiger charge is 2.21. The second-order valence-electron chi connectivity index (χ2n) is 7.25. The summed E-state index contributed by atoms with van der Waals surface area (Å²) < 4.78 is 19.5. The predicted octanol–water partition coefficient (Wildman–Crippen LogP) is 4.22. The number of hydrogen-bond donors (Lipinski definition) is 2. The van der Waals surface area contributed by atoms with E-state index < -0.39 is 0 Å². The molecule has 6 nitrogen and oxygen atoms in total. The van der Waals surface area contributed by atoms with Gasteiger partial charge >= 0.3 is 0 Å². The van der Waals surface area contributed by atoms with Crippen LogP contribution in [-0.2, 0) is 14.2 Å². The zero-order chi connectivity index (χ0) is 24.3. The summed E-state index contributed by atoms with van der Waals surface area (Å²) in [6.45, 7) is 14.5. The molecule has 1 heterocycles. The fourth-order valence-electron chi connectivity index (χ4n) is 2.94. The molecule has 0 saturated heterocycles. The molecule has 0 amide bonds. The Balaban J connectivity index is 2.39. The van der Waals surface area contributed by atoms with Crippen LogP contribution < -0.4 is 10.5 Å². The van der Waals surface area contributed by atoms with Crippen molar-refractivity contribution in [2.45, 2.75) is 0 Å². The topological polar surface area (TPSA) is 69.0 Å². The molecule has 0 bridgehead atoms. The van der Waals surface area contributed by atoms with Crippen molar-refractivity contribution in [1.82, 2.24) is 9.62 Å². The highest BCUT2D eigenvalue weighted by Crippen LogP contribution is 2.29. The van der Waals surface area contributed by atoms with Crippen LogP contribution in [0.15, 0.2) is 70.2 Å². The van der Waals surface area contributed by atoms with Gasteiger partial charge in [-0.2, -0.15) is 0 Å². The van der Waals surface area contributed by atoms with E-state index in [0.717, 1.165) is 29.1 Å². The first-order valence-electron chi connectivity index (χ1n) is 10.9. The minimum absolute atomic E-state index is 0.140. The number of nitrogens with one attached hydrogen (secondary N) is 1. The van der Waals surface area contributed by atoms with Gasteiger partial charge in [0.05, 0.1) is 39.6 Å². The molecule has 1 rings (SSSR count). The van der Waals surface area contributed by atoms with Crippen molar-refractivity contribution in [3.8, 4) is 0 Å². The average molecular weight is 519 g/mol. The molecular weight excluding hydrogens is 481 g/mol. The molecule has 0 aromatic rings. The maximum atomic E-state index is 6.25. The molecule has 0 aromatic carbocycles. The van der Waals surface area contributed by atoms with Gasteiger partial charge in [0.2, 0.25) is 0 Å². The first kappa shape index (κ1) is 30.2. The Labute approximate surface area is 213 Å². The van der Waals surface area contributed by atoms with E-state index in [2.05, 4.69) is 42.0 Å². The molecule has 0 aromatic heterocycles. The number of hydrogen-bond acceptors (Lipinski definition) is 7. The van der Waals surface area contributed by atoms with Crippen LogP contribution >= 0.6 is 35.1 Å². The van der Waals surface area contributed by atoms with Crippen molar-refractivity contribution in [2.75, 3.05) is 72.9 Å². The molecule has 3 N–H and O–H groups in total. The maximum Gasteiger partial charge on any atom is 0.0701 e. The maximum absolute atomic E-state index is 6.25. The van der Waals surface area contributed by atoms with Crippen LogP contribution in [0.3, 0.4) is 0 Å². The van der Waals surface area contributed by atoms with Crippen molar-refractivity contribution < 1.29 is 14.2 Å². The second kappa shape index (κ2) is 19.4. The number of rotatable bonds is 18. The molecule has 0 fully saturated rings. The Bertz CT molecular complexity index is 711. The molecule has 0 aliphatic carbocycles. The standard InChI is InChI=1S/C24H37Cl2N3O3S/c1-4-23(33-28-9-12-31-14-16-32-15-13-30-11-8-27)17-20(2)24-19-29(3)10-6-21(24)18-22(26)5-7-25/h4-7,17-18,24,28H,1-2,8-16,19,27H2,3H3/b7-5+,22-18+,23-17+/t24-/m0/s1. The Morgan fingerprint density at radius 1 is 1.24 bits per heavy atom. The smallest absolute Gasteiger partial charge is 0.0701 e. The van der Waals surface area contributed by atoms with Gasteiger partial charge in [0.15, 0.2) is 0 Å². The van der Waals surface area contributed by atoms with Crippen LogP contribution in [0.2, 0.25) is 0 Å². The summed E-state index contributed by atoms with van der Waals surface area (Å²) in [6.07, 6.45) is 9.66. The van der Waals surface area contributed by atoms with Crippen molar-refractivity contribution in [1.29, 1.82) is 0 Å². The fraction of sp³-hybridized carbons (Fsp3) is 0.500. The summed E-state index contributed by atoms with van der Waals surface area (Å²) in [7, 11) is 2.09. The Morgan fingerprint density at radius 2 is 1.91 bits per heavy atom. The van der Waals surface area contributed by atoms with E-state index in [9.17, 15) is 0 Å². The van der Waals surface area contributed by atoms with Crippen LogP contribution in [-0.4, -0.2) is 77.8 Å². The predicted molar refractivity (Wildman–Crippen MR) is 143 cm³/mol. The summed E-state index contributed by atoms with van der Waals surface area (Å²) in [5, 5.41) is 0.591. The number of halogens is 2. The normalized spacial score (nSPS) is 18.1. The van der Waals surface area contributed by atoms with Gasteiger partial charge < -0.3 is 24.8 Å². The van der Waals surface area contributed by atoms with Crippen LogP contribution in [0.25, 0.3) is 0 Å². The molecule has 33 heavy (non-hydrogen) atoms. The number of likely N-dealkylation sites (N-methyl/N-ethyl adjacent to an activating group) is 1. The number of nitrogens with zero attached hydrogens (tertiary/aromatic N) is 1. The molecule has 186 valence electrons. The molecule has 9 heteroatoms. The average Bonchev–Trinajstić information content (AvgIpc) is 2.80. The Hall–Kier alpha value is -0.870. The highest BCUT2D eigenvalue weighted by atomic mass is 35.5. The van der Waals surface area contributed by atoms with Gasteiger partial charge in [-0.25, -0.2) is 0 Å². The Kier molecular flexibility index (Phi) is 17.8. The number of ether oxygens (including phenoxy) is 3. The zero-order valence-electron chi connectivity index (χ0n) is 19.4. The summed E-state index contributed by atoms with van der Waals surface area (Å²) in [5.74, 6) is 0.140. The van der Waals surface area contributed by atoms with E-state index in [1.807, 2.05) is 12.2 Å². The van der Waals surface area contributed by atoms with Gasteiger partial charge in [-0.05, 0) is 48.4 Å². The zero-order valence-corrected chi connectivity index (χ0v) is 21.8. The minimum Gasteiger partial charge on any atom is -0.378 e. The monoisotopic (exact) mass is 517 g/mol. The lowest BCUT2D eigenvalue weighted by Gasteiger charge is -2.30. The molecular formula is C24H37Cl2N3O3S. The Morgan fingerprint density at radius 3 is 2.55 bits per heavy atom. The molecule has 0 unspecified atom stereocenters. The highest BCUT2D eigenvalue weighted by molar-refractivity contribution is 8.01. The van der Waals surface area contributed by atoms with Crippen LogP contribution in [0.1, 0.15) is 0 Å². The lowest BCUT2D eigenvalue weighted by molar-refractivity contribution is 0.0172. The van der Waals surface area contributed by atoms with Gasteiger partial charge in [0.1, 0.15) is 0 Å². The SMILES string of the molecule is C=C/C(=C\C(=C)[C@@H]1CN(C)CC=C1/C=C(Cl)\C=C\Cl)SNCCOCCOCCOCCN. The van der Waals surface area contributed by atoms with Crippen molar-refractivity contribution in [3.63, 3.8) is 0 Å². The molecule has 1 atom stereocenters. The third kappa shape index (κ3) is 14.2. The second-order valence-corrected chi connectivity index (χ2v) is 8.90. The molecule has 1 aliphatic rings. The van der Waals surface area contributed by atoms with E-state index in [1.54, 1.807) is 6.08 Å². The third-order valence-electron chi connectivity index (χ3n) is 4.58. The molecule has 0 radical (unpaired) electrons. The minimum atomic E-state index is 0.140. The first-order chi connectivity index (χ1) is 16.0. The van der Waals surface area contributed by atoms with Crippen molar-refractivity contribution in [3.05, 3.63) is 70.2 Å². The fourth-order valence-corrected chi connectivity index (χ4v) is 3.98. The van der Waals surface area contributed by atoms with E-state index in [1.165, 1.54) is 17.5 Å². The number of allylic oxidation sites excluding steroid dienone is 5. The van der Waals surface area contributed by atoms with E-state index in [0.29, 0.717) is 57.8 Å². The van der Waals surface area contributed by atoms with E-state index in [-0.39, 0.29) is 5.92 Å². The quantitative estimate of drug-likeness (QED) is 0.160. The van der Waals surface area contributed by atoms with Gasteiger partial charge in [0, 0.05) is 47.6 Å². The van der Waals surface area contributed by atoms with Crippen molar-refractivity contribution in [2.24, 2.45) is 11.7 Å². The summed E-state index contributed by atoms with van der Waals surface area (Å²) >= 11 is 13.4. The third-order valence-corrected chi connectivity index (χ3v) is 5.81. The first-order valence-corrected chi connectivity index (χ1v) is 12.5. The van der Waals surface area contributed by atoms with Gasteiger partial charge in [-0.1, -0.05) is 48.5 Å².